The van der Waals surface area contributed by atoms with Crippen molar-refractivity contribution in [1.82, 2.24) is 10.6 Å². The van der Waals surface area contributed by atoms with E-state index in [9.17, 15) is 4.79 Å². The van der Waals surface area contributed by atoms with E-state index in [0.717, 1.165) is 13.0 Å². The first-order valence-corrected chi connectivity index (χ1v) is 7.05. The number of nitrogens with one attached hydrogen (secondary N) is 2. The number of hydrogen-bond donors (Lipinski definition) is 2. The van der Waals surface area contributed by atoms with Gasteiger partial charge in [0.2, 0.25) is 5.91 Å². The van der Waals surface area contributed by atoms with Crippen LogP contribution in [0.5, 0.6) is 0 Å². The van der Waals surface area contributed by atoms with Gasteiger partial charge in [-0.25, -0.2) is 0 Å². The van der Waals surface area contributed by atoms with Gasteiger partial charge in [0.25, 0.3) is 0 Å². The van der Waals surface area contributed by atoms with Gasteiger partial charge in [0.1, 0.15) is 0 Å². The number of carbonyl (C=O) groups is 1. The zero-order valence-corrected chi connectivity index (χ0v) is 12.6. The highest BCUT2D eigenvalue weighted by molar-refractivity contribution is 5.81. The topological polar surface area (TPSA) is 50.4 Å². The monoisotopic (exact) mass is 258 g/mol. The summed E-state index contributed by atoms with van der Waals surface area (Å²) in [6.45, 7) is 9.72. The minimum absolute atomic E-state index is 0.0767. The number of amides is 1. The lowest BCUT2D eigenvalue weighted by Gasteiger charge is -2.25. The van der Waals surface area contributed by atoms with Crippen molar-refractivity contribution in [3.8, 4) is 0 Å². The summed E-state index contributed by atoms with van der Waals surface area (Å²) in [6.07, 6.45) is 3.40. The van der Waals surface area contributed by atoms with Gasteiger partial charge in [0.15, 0.2) is 0 Å². The number of methoxy groups -OCH3 is 1. The second-order valence-corrected chi connectivity index (χ2v) is 5.19. The summed E-state index contributed by atoms with van der Waals surface area (Å²) in [5.41, 5.74) is 0. The quantitative estimate of drug-likeness (QED) is 0.589. The average Bonchev–Trinajstić information content (AvgIpc) is 2.33. The van der Waals surface area contributed by atoms with E-state index in [1.807, 2.05) is 6.92 Å². The lowest BCUT2D eigenvalue weighted by molar-refractivity contribution is -0.123. The number of ether oxygens (including phenoxy) is 1. The molecule has 2 N–H and O–H groups in total. The van der Waals surface area contributed by atoms with E-state index in [4.69, 9.17) is 4.74 Å². The van der Waals surface area contributed by atoms with Crippen LogP contribution >= 0.6 is 0 Å². The standard InChI is InChI=1S/C14H30N2O2/c1-6-7-8-9-15-14(17)12(4)16-13(10-18-5)11(2)3/h11-13,16H,6-10H2,1-5H3,(H,15,17). The summed E-state index contributed by atoms with van der Waals surface area (Å²) >= 11 is 0. The Morgan fingerprint density at radius 1 is 1.22 bits per heavy atom. The highest BCUT2D eigenvalue weighted by atomic mass is 16.5. The van der Waals surface area contributed by atoms with Crippen molar-refractivity contribution in [2.75, 3.05) is 20.3 Å². The van der Waals surface area contributed by atoms with Crippen molar-refractivity contribution in [3.05, 3.63) is 0 Å². The summed E-state index contributed by atoms with van der Waals surface area (Å²) in [4.78, 5) is 11.9. The van der Waals surface area contributed by atoms with Crippen LogP contribution in [0.2, 0.25) is 0 Å². The third kappa shape index (κ3) is 7.67. The van der Waals surface area contributed by atoms with Crippen LogP contribution in [0.1, 0.15) is 47.0 Å². The van der Waals surface area contributed by atoms with Gasteiger partial charge in [-0.1, -0.05) is 33.6 Å². The van der Waals surface area contributed by atoms with Crippen molar-refractivity contribution < 1.29 is 9.53 Å². The Kier molecular flexibility index (Phi) is 9.98. The first-order valence-electron chi connectivity index (χ1n) is 7.05. The van der Waals surface area contributed by atoms with Crippen molar-refractivity contribution >= 4 is 5.91 Å². The van der Waals surface area contributed by atoms with Gasteiger partial charge < -0.3 is 15.4 Å². The Morgan fingerprint density at radius 3 is 2.39 bits per heavy atom. The number of unbranched alkanes of at least 4 members (excludes halogenated alkanes) is 2. The summed E-state index contributed by atoms with van der Waals surface area (Å²) in [7, 11) is 1.69. The van der Waals surface area contributed by atoms with Gasteiger partial charge in [0.05, 0.1) is 12.6 Å². The molecule has 2 atom stereocenters. The maximum absolute atomic E-state index is 11.9. The fourth-order valence-corrected chi connectivity index (χ4v) is 1.75. The minimum Gasteiger partial charge on any atom is -0.383 e. The lowest BCUT2D eigenvalue weighted by atomic mass is 10.0. The molecule has 0 aliphatic carbocycles. The van der Waals surface area contributed by atoms with E-state index in [2.05, 4.69) is 31.4 Å². The molecule has 18 heavy (non-hydrogen) atoms. The molecule has 1 amide bonds. The molecule has 0 aromatic rings. The Balaban J connectivity index is 3.96. The summed E-state index contributed by atoms with van der Waals surface area (Å²) in [6, 6.07) is 0.0422. The van der Waals surface area contributed by atoms with E-state index in [-0.39, 0.29) is 18.0 Å². The molecular weight excluding hydrogens is 228 g/mol. The predicted octanol–water partition coefficient (Wildman–Crippen LogP) is 1.94. The van der Waals surface area contributed by atoms with Crippen LogP contribution in [0.3, 0.4) is 0 Å². The largest absolute Gasteiger partial charge is 0.383 e. The second-order valence-electron chi connectivity index (χ2n) is 5.19. The van der Waals surface area contributed by atoms with Crippen molar-refractivity contribution in [1.29, 1.82) is 0 Å². The average molecular weight is 258 g/mol. The van der Waals surface area contributed by atoms with E-state index < -0.39 is 0 Å². The van der Waals surface area contributed by atoms with Crippen LogP contribution in [-0.4, -0.2) is 38.3 Å². The summed E-state index contributed by atoms with van der Waals surface area (Å²) in [5, 5.41) is 6.28. The first-order chi connectivity index (χ1) is 8.52. The Morgan fingerprint density at radius 2 is 1.89 bits per heavy atom. The van der Waals surface area contributed by atoms with Crippen LogP contribution in [-0.2, 0) is 9.53 Å². The third-order valence-corrected chi connectivity index (χ3v) is 3.09. The van der Waals surface area contributed by atoms with E-state index in [0.29, 0.717) is 12.5 Å². The number of hydrogen-bond acceptors (Lipinski definition) is 3. The molecule has 4 heteroatoms. The minimum atomic E-state index is -0.172. The van der Waals surface area contributed by atoms with Gasteiger partial charge in [-0.2, -0.15) is 0 Å². The highest BCUT2D eigenvalue weighted by Gasteiger charge is 2.19. The van der Waals surface area contributed by atoms with Crippen LogP contribution in [0.15, 0.2) is 0 Å². The van der Waals surface area contributed by atoms with E-state index >= 15 is 0 Å². The molecule has 0 aromatic carbocycles. The van der Waals surface area contributed by atoms with Gasteiger partial charge in [0, 0.05) is 19.7 Å². The van der Waals surface area contributed by atoms with Gasteiger partial charge in [-0.05, 0) is 19.3 Å². The SMILES string of the molecule is CCCCCNC(=O)C(C)NC(COC)C(C)C. The van der Waals surface area contributed by atoms with Crippen LogP contribution < -0.4 is 10.6 Å². The lowest BCUT2D eigenvalue weighted by Crippen LogP contribution is -2.50. The van der Waals surface area contributed by atoms with Gasteiger partial charge in [-0.15, -0.1) is 0 Å². The third-order valence-electron chi connectivity index (χ3n) is 3.09. The molecule has 0 heterocycles. The number of rotatable bonds is 10. The summed E-state index contributed by atoms with van der Waals surface area (Å²) in [5.74, 6) is 0.521. The van der Waals surface area contributed by atoms with Crippen molar-refractivity contribution in [2.24, 2.45) is 5.92 Å². The van der Waals surface area contributed by atoms with Crippen molar-refractivity contribution in [2.45, 2.75) is 59.0 Å². The number of carbonyl (C=O) groups excluding carboxylic acids is 1. The zero-order chi connectivity index (χ0) is 14.0. The van der Waals surface area contributed by atoms with Crippen LogP contribution in [0.4, 0.5) is 0 Å². The van der Waals surface area contributed by atoms with Crippen molar-refractivity contribution in [3.63, 3.8) is 0 Å². The molecule has 0 spiro atoms. The Hall–Kier alpha value is -0.610. The maximum Gasteiger partial charge on any atom is 0.236 e. The van der Waals surface area contributed by atoms with Gasteiger partial charge >= 0.3 is 0 Å². The molecule has 4 nitrogen and oxygen atoms in total. The Bertz CT molecular complexity index is 220. The molecule has 2 unspecified atom stereocenters. The Labute approximate surface area is 112 Å². The predicted molar refractivity (Wildman–Crippen MR) is 75.6 cm³/mol. The molecule has 0 aliphatic heterocycles. The fraction of sp³-hybridized carbons (Fsp3) is 0.929. The molecule has 0 saturated carbocycles. The highest BCUT2D eigenvalue weighted by Crippen LogP contribution is 2.03. The molecule has 108 valence electrons. The second kappa shape index (κ2) is 10.3. The van der Waals surface area contributed by atoms with E-state index in [1.165, 1.54) is 12.8 Å². The van der Waals surface area contributed by atoms with Crippen LogP contribution in [0.25, 0.3) is 0 Å². The molecule has 0 radical (unpaired) electrons. The first kappa shape index (κ1) is 17.4. The summed E-state index contributed by atoms with van der Waals surface area (Å²) < 4.78 is 5.16. The maximum atomic E-state index is 11.9. The molecule has 0 rings (SSSR count). The van der Waals surface area contributed by atoms with Crippen LogP contribution in [0, 0.1) is 5.92 Å². The molecule has 0 fully saturated rings. The molecule has 0 saturated heterocycles. The van der Waals surface area contributed by atoms with Gasteiger partial charge in [-0.3, -0.25) is 4.79 Å². The molecule has 0 aliphatic rings. The molecule has 0 bridgehead atoms. The van der Waals surface area contributed by atoms with E-state index in [1.54, 1.807) is 7.11 Å². The zero-order valence-electron chi connectivity index (χ0n) is 12.6. The molecular formula is C14H30N2O2. The normalized spacial score (nSPS) is 14.6. The smallest absolute Gasteiger partial charge is 0.236 e. The molecule has 0 aromatic heterocycles. The fourth-order valence-electron chi connectivity index (χ4n) is 1.75.